The van der Waals surface area contributed by atoms with Crippen LogP contribution in [0.4, 0.5) is 11.6 Å². The van der Waals surface area contributed by atoms with E-state index in [1.807, 2.05) is 50.2 Å². The number of hydrogen-bond acceptors (Lipinski definition) is 7. The molecule has 1 heterocycles. The molecule has 0 atom stereocenters. The Bertz CT molecular complexity index is 1100. The zero-order valence-electron chi connectivity index (χ0n) is 21.0. The van der Waals surface area contributed by atoms with Gasteiger partial charge in [-0.05, 0) is 70.4 Å². The molecule has 0 aliphatic heterocycles. The molecule has 3 rings (SSSR count). The minimum absolute atomic E-state index is 0.0151. The fourth-order valence-corrected chi connectivity index (χ4v) is 3.46. The number of nitrogens with zero attached hydrogens (tertiary/aromatic N) is 2. The van der Waals surface area contributed by atoms with Crippen molar-refractivity contribution in [3.8, 4) is 11.5 Å². The Labute approximate surface area is 205 Å². The molecule has 2 amide bonds. The normalized spacial score (nSPS) is 11.0. The fourth-order valence-electron chi connectivity index (χ4n) is 3.46. The number of benzene rings is 2. The predicted molar refractivity (Wildman–Crippen MR) is 133 cm³/mol. The van der Waals surface area contributed by atoms with E-state index in [-0.39, 0.29) is 36.7 Å². The summed E-state index contributed by atoms with van der Waals surface area (Å²) in [6.45, 7) is 11.7. The standard InChI is InChI=1S/C26H32N4O5/c1-15(2)19-9-7-17(5)11-21(19)33-13-23(31)27-25-26(30-35-29-25)28-24(32)14-34-22-12-18(6)8-10-20(22)16(3)4/h7-12,15-16H,13-14H2,1-6H3,(H,27,29,31)(H,28,30,32). The van der Waals surface area contributed by atoms with Crippen LogP contribution in [-0.2, 0) is 9.59 Å². The maximum Gasteiger partial charge on any atom is 0.263 e. The third-order valence-corrected chi connectivity index (χ3v) is 5.30. The molecule has 2 N–H and O–H groups in total. The van der Waals surface area contributed by atoms with E-state index in [9.17, 15) is 9.59 Å². The first-order chi connectivity index (χ1) is 16.6. The molecule has 0 aliphatic carbocycles. The molecule has 0 fully saturated rings. The zero-order valence-corrected chi connectivity index (χ0v) is 21.0. The van der Waals surface area contributed by atoms with Gasteiger partial charge in [-0.15, -0.1) is 0 Å². The number of carbonyl (C=O) groups excluding carboxylic acids is 2. The van der Waals surface area contributed by atoms with Crippen molar-refractivity contribution in [2.45, 2.75) is 53.4 Å². The van der Waals surface area contributed by atoms with Gasteiger partial charge in [0.05, 0.1) is 0 Å². The summed E-state index contributed by atoms with van der Waals surface area (Å²) >= 11 is 0. The summed E-state index contributed by atoms with van der Waals surface area (Å²) in [5.41, 5.74) is 4.08. The van der Waals surface area contributed by atoms with Crippen LogP contribution >= 0.6 is 0 Å². The first-order valence-corrected chi connectivity index (χ1v) is 11.5. The topological polar surface area (TPSA) is 116 Å². The van der Waals surface area contributed by atoms with Crippen molar-refractivity contribution in [2.75, 3.05) is 23.8 Å². The van der Waals surface area contributed by atoms with Crippen molar-refractivity contribution in [3.05, 3.63) is 58.7 Å². The zero-order chi connectivity index (χ0) is 25.5. The highest BCUT2D eigenvalue weighted by Gasteiger charge is 2.18. The third-order valence-electron chi connectivity index (χ3n) is 5.30. The predicted octanol–water partition coefficient (Wildman–Crippen LogP) is 4.97. The van der Waals surface area contributed by atoms with Crippen molar-refractivity contribution < 1.29 is 23.7 Å². The van der Waals surface area contributed by atoms with E-state index in [4.69, 9.17) is 14.1 Å². The van der Waals surface area contributed by atoms with Gasteiger partial charge in [-0.2, -0.15) is 0 Å². The van der Waals surface area contributed by atoms with Gasteiger partial charge in [0.1, 0.15) is 11.5 Å². The summed E-state index contributed by atoms with van der Waals surface area (Å²) < 4.78 is 16.2. The summed E-state index contributed by atoms with van der Waals surface area (Å²) in [4.78, 5) is 24.9. The van der Waals surface area contributed by atoms with Crippen LogP contribution < -0.4 is 20.1 Å². The van der Waals surface area contributed by atoms with Gasteiger partial charge in [0, 0.05) is 0 Å². The monoisotopic (exact) mass is 480 g/mol. The molecular formula is C26H32N4O5. The van der Waals surface area contributed by atoms with Crippen molar-refractivity contribution in [2.24, 2.45) is 0 Å². The molecule has 2 aromatic carbocycles. The molecule has 0 aliphatic rings. The molecule has 9 nitrogen and oxygen atoms in total. The lowest BCUT2D eigenvalue weighted by molar-refractivity contribution is -0.119. The number of amides is 2. The molecule has 0 bridgehead atoms. The Kier molecular flexibility index (Phi) is 8.46. The lowest BCUT2D eigenvalue weighted by Crippen LogP contribution is -2.24. The first-order valence-electron chi connectivity index (χ1n) is 11.5. The molecule has 0 spiro atoms. The Balaban J connectivity index is 1.57. The maximum atomic E-state index is 12.4. The lowest BCUT2D eigenvalue weighted by Gasteiger charge is -2.15. The lowest BCUT2D eigenvalue weighted by atomic mass is 10.0. The first kappa shape index (κ1) is 25.7. The van der Waals surface area contributed by atoms with Crippen LogP contribution in [0.1, 0.15) is 61.8 Å². The van der Waals surface area contributed by atoms with Crippen molar-refractivity contribution in [3.63, 3.8) is 0 Å². The van der Waals surface area contributed by atoms with E-state index in [0.29, 0.717) is 11.5 Å². The van der Waals surface area contributed by atoms with Crippen LogP contribution in [0.5, 0.6) is 11.5 Å². The van der Waals surface area contributed by atoms with E-state index >= 15 is 0 Å². The number of hydrogen-bond donors (Lipinski definition) is 2. The highest BCUT2D eigenvalue weighted by atomic mass is 16.6. The number of aromatic nitrogens is 2. The van der Waals surface area contributed by atoms with Crippen LogP contribution in [0.2, 0.25) is 0 Å². The summed E-state index contributed by atoms with van der Waals surface area (Å²) in [6, 6.07) is 11.8. The van der Waals surface area contributed by atoms with Gasteiger partial charge in [-0.25, -0.2) is 4.63 Å². The Morgan fingerprint density at radius 2 is 1.17 bits per heavy atom. The highest BCUT2D eigenvalue weighted by Crippen LogP contribution is 2.28. The largest absolute Gasteiger partial charge is 0.483 e. The number of nitrogens with one attached hydrogen (secondary N) is 2. The summed E-state index contributed by atoms with van der Waals surface area (Å²) in [5.74, 6) is 0.821. The minimum Gasteiger partial charge on any atom is -0.483 e. The van der Waals surface area contributed by atoms with Crippen LogP contribution in [0.3, 0.4) is 0 Å². The molecule has 0 unspecified atom stereocenters. The van der Waals surface area contributed by atoms with Crippen LogP contribution in [0.25, 0.3) is 0 Å². The molecule has 0 saturated carbocycles. The summed E-state index contributed by atoms with van der Waals surface area (Å²) in [7, 11) is 0. The van der Waals surface area contributed by atoms with Crippen molar-refractivity contribution in [1.29, 1.82) is 0 Å². The Morgan fingerprint density at radius 3 is 1.54 bits per heavy atom. The second kappa shape index (κ2) is 11.5. The van der Waals surface area contributed by atoms with Crippen LogP contribution in [-0.4, -0.2) is 35.3 Å². The maximum absolute atomic E-state index is 12.4. The van der Waals surface area contributed by atoms with Gasteiger partial charge in [0.2, 0.25) is 11.6 Å². The van der Waals surface area contributed by atoms with E-state index in [2.05, 4.69) is 48.6 Å². The van der Waals surface area contributed by atoms with Gasteiger partial charge in [0.15, 0.2) is 13.2 Å². The second-order valence-electron chi connectivity index (χ2n) is 9.03. The minimum atomic E-state index is -0.468. The fraction of sp³-hybridized carbons (Fsp3) is 0.385. The van der Waals surface area contributed by atoms with E-state index in [1.54, 1.807) is 0 Å². The molecule has 9 heteroatoms. The van der Waals surface area contributed by atoms with Gasteiger partial charge in [0.25, 0.3) is 11.8 Å². The Hall–Kier alpha value is -3.88. The quantitative estimate of drug-likeness (QED) is 0.421. The van der Waals surface area contributed by atoms with Gasteiger partial charge >= 0.3 is 0 Å². The van der Waals surface area contributed by atoms with Gasteiger partial charge in [-0.3, -0.25) is 9.59 Å². The average Bonchev–Trinajstić information content (AvgIpc) is 3.22. The van der Waals surface area contributed by atoms with E-state index in [1.165, 1.54) is 0 Å². The highest BCUT2D eigenvalue weighted by molar-refractivity contribution is 5.98. The van der Waals surface area contributed by atoms with Gasteiger partial charge in [-0.1, -0.05) is 52.0 Å². The van der Waals surface area contributed by atoms with Crippen LogP contribution in [0.15, 0.2) is 41.0 Å². The number of rotatable bonds is 10. The molecule has 186 valence electrons. The molecule has 1 aromatic heterocycles. The van der Waals surface area contributed by atoms with Crippen molar-refractivity contribution >= 4 is 23.5 Å². The summed E-state index contributed by atoms with van der Waals surface area (Å²) in [6.07, 6.45) is 0. The smallest absolute Gasteiger partial charge is 0.263 e. The SMILES string of the molecule is Cc1ccc(C(C)C)c(OCC(=O)Nc2nonc2NC(=O)COc2cc(C)ccc2C(C)C)c1. The number of ether oxygens (including phenoxy) is 2. The van der Waals surface area contributed by atoms with Crippen LogP contribution in [0, 0.1) is 13.8 Å². The Morgan fingerprint density at radius 1 is 0.771 bits per heavy atom. The number of anilines is 2. The molecule has 3 aromatic rings. The third kappa shape index (κ3) is 7.05. The average molecular weight is 481 g/mol. The summed E-state index contributed by atoms with van der Waals surface area (Å²) in [5, 5.41) is 12.4. The van der Waals surface area contributed by atoms with E-state index < -0.39 is 11.8 Å². The second-order valence-corrected chi connectivity index (χ2v) is 9.03. The van der Waals surface area contributed by atoms with E-state index in [0.717, 1.165) is 22.3 Å². The number of carbonyl (C=O) groups is 2. The molecular weight excluding hydrogens is 448 g/mol. The molecule has 0 radical (unpaired) electrons. The van der Waals surface area contributed by atoms with Crippen molar-refractivity contribution in [1.82, 2.24) is 10.3 Å². The van der Waals surface area contributed by atoms with Gasteiger partial charge < -0.3 is 20.1 Å². The molecule has 35 heavy (non-hydrogen) atoms. The number of aryl methyl sites for hydroxylation is 2. The molecule has 0 saturated heterocycles.